The van der Waals surface area contributed by atoms with E-state index in [0.29, 0.717) is 29.0 Å². The van der Waals surface area contributed by atoms with E-state index in [4.69, 9.17) is 15.9 Å². The lowest BCUT2D eigenvalue weighted by molar-refractivity contribution is -0.144. The Labute approximate surface area is 224 Å². The van der Waals surface area contributed by atoms with Crippen molar-refractivity contribution in [2.75, 3.05) is 19.0 Å². The molecule has 3 amide bonds. The summed E-state index contributed by atoms with van der Waals surface area (Å²) in [5.41, 5.74) is 0.546. The van der Waals surface area contributed by atoms with Crippen molar-refractivity contribution in [1.29, 1.82) is 0 Å². The molecule has 2 aromatic rings. The van der Waals surface area contributed by atoms with Crippen molar-refractivity contribution in [3.63, 3.8) is 0 Å². The van der Waals surface area contributed by atoms with E-state index in [9.17, 15) is 19.5 Å². The second kappa shape index (κ2) is 13.5. The highest BCUT2D eigenvalue weighted by Crippen LogP contribution is 2.30. The SMILES string of the molecule is C#Cc1ccccc1C(C(=O)Nc1ccc(OC)cc1)N(C(=O)C(CO)NC(=O)OC(C)(C)C)C(C)CC. The van der Waals surface area contributed by atoms with Crippen molar-refractivity contribution < 1.29 is 29.0 Å². The number of nitrogens with one attached hydrogen (secondary N) is 2. The highest BCUT2D eigenvalue weighted by Gasteiger charge is 2.39. The van der Waals surface area contributed by atoms with Gasteiger partial charge in [-0.15, -0.1) is 6.42 Å². The van der Waals surface area contributed by atoms with E-state index >= 15 is 0 Å². The lowest BCUT2D eigenvalue weighted by atomic mass is 9.95. The molecule has 0 radical (unpaired) electrons. The predicted octanol–water partition coefficient (Wildman–Crippen LogP) is 3.87. The molecule has 3 N–H and O–H groups in total. The molecular weight excluding hydrogens is 486 g/mol. The average molecular weight is 524 g/mol. The van der Waals surface area contributed by atoms with E-state index in [1.54, 1.807) is 83.3 Å². The molecule has 0 saturated heterocycles. The smallest absolute Gasteiger partial charge is 0.408 e. The number of carbonyl (C=O) groups excluding carboxylic acids is 3. The van der Waals surface area contributed by atoms with Gasteiger partial charge in [0, 0.05) is 17.3 Å². The molecule has 38 heavy (non-hydrogen) atoms. The summed E-state index contributed by atoms with van der Waals surface area (Å²) in [7, 11) is 1.54. The van der Waals surface area contributed by atoms with E-state index < -0.39 is 48.2 Å². The molecule has 0 fully saturated rings. The molecule has 0 saturated carbocycles. The molecule has 0 bridgehead atoms. The van der Waals surface area contributed by atoms with E-state index in [1.165, 1.54) is 4.90 Å². The van der Waals surface area contributed by atoms with Gasteiger partial charge < -0.3 is 30.1 Å². The number of rotatable bonds is 10. The zero-order valence-corrected chi connectivity index (χ0v) is 22.8. The first kappa shape index (κ1) is 30.2. The Morgan fingerprint density at radius 3 is 2.26 bits per heavy atom. The van der Waals surface area contributed by atoms with E-state index in [2.05, 4.69) is 16.6 Å². The summed E-state index contributed by atoms with van der Waals surface area (Å²) >= 11 is 0. The Hall–Kier alpha value is -4.03. The number of terminal acetylenes is 1. The summed E-state index contributed by atoms with van der Waals surface area (Å²) in [6.45, 7) is 8.00. The van der Waals surface area contributed by atoms with Gasteiger partial charge in [0.1, 0.15) is 23.4 Å². The lowest BCUT2D eigenvalue weighted by Crippen LogP contribution is -2.56. The summed E-state index contributed by atoms with van der Waals surface area (Å²) in [5, 5.41) is 15.3. The highest BCUT2D eigenvalue weighted by atomic mass is 16.6. The van der Waals surface area contributed by atoms with Crippen LogP contribution in [-0.4, -0.2) is 59.3 Å². The first-order chi connectivity index (χ1) is 17.9. The third kappa shape index (κ3) is 7.98. The molecular formula is C29H37N3O6. The Bertz CT molecular complexity index is 1150. The molecule has 3 unspecified atom stereocenters. The van der Waals surface area contributed by atoms with Gasteiger partial charge in [0.05, 0.1) is 13.7 Å². The van der Waals surface area contributed by atoms with Gasteiger partial charge in [0.25, 0.3) is 5.91 Å². The zero-order chi connectivity index (χ0) is 28.5. The number of alkyl carbamates (subject to hydrolysis) is 1. The molecule has 0 spiro atoms. The molecule has 0 aliphatic heterocycles. The number of aliphatic hydroxyl groups is 1. The minimum absolute atomic E-state index is 0.434. The molecule has 0 aliphatic carbocycles. The van der Waals surface area contributed by atoms with Crippen molar-refractivity contribution in [3.05, 3.63) is 59.7 Å². The van der Waals surface area contributed by atoms with Gasteiger partial charge in [0.15, 0.2) is 0 Å². The Morgan fingerprint density at radius 2 is 1.74 bits per heavy atom. The molecule has 204 valence electrons. The van der Waals surface area contributed by atoms with Crippen molar-refractivity contribution in [2.45, 2.75) is 64.8 Å². The van der Waals surface area contributed by atoms with E-state index in [1.807, 2.05) is 6.92 Å². The number of hydrogen-bond donors (Lipinski definition) is 3. The van der Waals surface area contributed by atoms with Crippen molar-refractivity contribution in [3.8, 4) is 18.1 Å². The van der Waals surface area contributed by atoms with Crippen molar-refractivity contribution >= 4 is 23.6 Å². The fraction of sp³-hybridized carbons (Fsp3) is 0.414. The number of amides is 3. The number of nitrogens with zero attached hydrogens (tertiary/aromatic N) is 1. The summed E-state index contributed by atoms with van der Waals surface area (Å²) in [5.74, 6) is 2.03. The maximum atomic E-state index is 13.9. The van der Waals surface area contributed by atoms with Crippen LogP contribution in [0.5, 0.6) is 5.75 Å². The largest absolute Gasteiger partial charge is 0.497 e. The highest BCUT2D eigenvalue weighted by molar-refractivity contribution is 5.99. The molecule has 2 rings (SSSR count). The molecule has 9 heteroatoms. The number of hydrogen-bond acceptors (Lipinski definition) is 6. The summed E-state index contributed by atoms with van der Waals surface area (Å²) in [4.78, 5) is 41.5. The van der Waals surface area contributed by atoms with Crippen LogP contribution < -0.4 is 15.4 Å². The zero-order valence-electron chi connectivity index (χ0n) is 22.8. The van der Waals surface area contributed by atoms with Crippen LogP contribution in [0.3, 0.4) is 0 Å². The van der Waals surface area contributed by atoms with Gasteiger partial charge in [-0.2, -0.15) is 0 Å². The van der Waals surface area contributed by atoms with E-state index in [-0.39, 0.29) is 0 Å². The van der Waals surface area contributed by atoms with E-state index in [0.717, 1.165) is 0 Å². The van der Waals surface area contributed by atoms with Crippen LogP contribution in [0.1, 0.15) is 58.2 Å². The fourth-order valence-corrected chi connectivity index (χ4v) is 3.78. The topological polar surface area (TPSA) is 117 Å². The minimum Gasteiger partial charge on any atom is -0.497 e. The first-order valence-corrected chi connectivity index (χ1v) is 12.4. The first-order valence-electron chi connectivity index (χ1n) is 12.4. The lowest BCUT2D eigenvalue weighted by Gasteiger charge is -2.38. The average Bonchev–Trinajstić information content (AvgIpc) is 2.88. The molecule has 3 atom stereocenters. The fourth-order valence-electron chi connectivity index (χ4n) is 3.78. The van der Waals surface area contributed by atoms with Gasteiger partial charge in [-0.3, -0.25) is 9.59 Å². The van der Waals surface area contributed by atoms with Gasteiger partial charge in [0.2, 0.25) is 5.91 Å². The number of benzene rings is 2. The second-order valence-electron chi connectivity index (χ2n) is 9.74. The summed E-state index contributed by atoms with van der Waals surface area (Å²) < 4.78 is 10.4. The molecule has 9 nitrogen and oxygen atoms in total. The molecule has 0 aromatic heterocycles. The van der Waals surface area contributed by atoms with Gasteiger partial charge >= 0.3 is 6.09 Å². The second-order valence-corrected chi connectivity index (χ2v) is 9.74. The number of aliphatic hydroxyl groups excluding tert-OH is 1. The van der Waals surface area contributed by atoms with Gasteiger partial charge in [-0.25, -0.2) is 4.79 Å². The maximum absolute atomic E-state index is 13.9. The monoisotopic (exact) mass is 523 g/mol. The summed E-state index contributed by atoms with van der Waals surface area (Å²) in [6.07, 6.45) is 5.38. The Kier molecular flexibility index (Phi) is 10.7. The van der Waals surface area contributed by atoms with Crippen LogP contribution in [-0.2, 0) is 14.3 Å². The number of ether oxygens (including phenoxy) is 2. The Balaban J connectivity index is 2.55. The van der Waals surface area contributed by atoms with Crippen LogP contribution >= 0.6 is 0 Å². The Morgan fingerprint density at radius 1 is 1.11 bits per heavy atom. The third-order valence-electron chi connectivity index (χ3n) is 5.79. The number of anilines is 1. The van der Waals surface area contributed by atoms with Gasteiger partial charge in [-0.05, 0) is 70.0 Å². The third-order valence-corrected chi connectivity index (χ3v) is 5.79. The molecule has 2 aromatic carbocycles. The van der Waals surface area contributed by atoms with Crippen LogP contribution in [0, 0.1) is 12.3 Å². The summed E-state index contributed by atoms with van der Waals surface area (Å²) in [6, 6.07) is 10.6. The van der Waals surface area contributed by atoms with Crippen molar-refractivity contribution in [2.24, 2.45) is 0 Å². The molecule has 0 heterocycles. The maximum Gasteiger partial charge on any atom is 0.408 e. The van der Waals surface area contributed by atoms with Crippen LogP contribution in [0.2, 0.25) is 0 Å². The standard InChI is InChI=1S/C29H37N3O6/c1-8-19(3)32(27(35)24(18-33)31-28(36)38-29(4,5)6)25(23-13-11-10-12-20(23)9-2)26(34)30-21-14-16-22(37-7)17-15-21/h2,10-17,19,24-25,33H,8,18H2,1,3-7H3,(H,30,34)(H,31,36). The van der Waals surface area contributed by atoms with Crippen LogP contribution in [0.15, 0.2) is 48.5 Å². The normalized spacial score (nSPS) is 13.3. The number of carbonyl (C=O) groups is 3. The molecule has 0 aliphatic rings. The van der Waals surface area contributed by atoms with Gasteiger partial charge in [-0.1, -0.05) is 31.0 Å². The number of methoxy groups -OCH3 is 1. The van der Waals surface area contributed by atoms with Crippen LogP contribution in [0.4, 0.5) is 10.5 Å². The minimum atomic E-state index is -1.35. The predicted molar refractivity (Wildman–Crippen MR) is 146 cm³/mol. The van der Waals surface area contributed by atoms with Crippen LogP contribution in [0.25, 0.3) is 0 Å². The quantitative estimate of drug-likeness (QED) is 0.407. The van der Waals surface area contributed by atoms with Crippen molar-refractivity contribution in [1.82, 2.24) is 10.2 Å².